The first-order chi connectivity index (χ1) is 18.1. The van der Waals surface area contributed by atoms with Crippen LogP contribution in [0.1, 0.15) is 11.1 Å². The highest BCUT2D eigenvalue weighted by molar-refractivity contribution is 5.72. The van der Waals surface area contributed by atoms with E-state index in [1.54, 1.807) is 0 Å². The van der Waals surface area contributed by atoms with E-state index in [-0.39, 0.29) is 0 Å². The molecule has 0 radical (unpaired) electrons. The highest BCUT2D eigenvalue weighted by Gasteiger charge is 2.22. The molecule has 4 heterocycles. The molecule has 0 amide bonds. The lowest BCUT2D eigenvalue weighted by Crippen LogP contribution is -2.23. The molecule has 37 heavy (non-hydrogen) atoms. The lowest BCUT2D eigenvalue weighted by molar-refractivity contribution is 0.481. The van der Waals surface area contributed by atoms with Crippen LogP contribution >= 0.6 is 0 Å². The summed E-state index contributed by atoms with van der Waals surface area (Å²) in [6, 6.07) is 24.6. The quantitative estimate of drug-likeness (QED) is 0.346. The van der Waals surface area contributed by atoms with Crippen LogP contribution in [0.4, 0.5) is 11.4 Å². The van der Waals surface area contributed by atoms with E-state index in [1.807, 2.05) is 73.3 Å². The van der Waals surface area contributed by atoms with Crippen molar-refractivity contribution in [2.75, 3.05) is 37.2 Å². The Hall–Kier alpha value is -4.78. The highest BCUT2D eigenvalue weighted by atomic mass is 16.5. The molecule has 4 aromatic rings. The van der Waals surface area contributed by atoms with Gasteiger partial charge in [-0.15, -0.1) is 0 Å². The van der Waals surface area contributed by atoms with Gasteiger partial charge in [-0.05, 0) is 48.5 Å². The molecule has 0 saturated carbocycles. The van der Waals surface area contributed by atoms with Crippen LogP contribution in [0.5, 0.6) is 11.5 Å². The van der Waals surface area contributed by atoms with E-state index in [4.69, 9.17) is 4.74 Å². The Morgan fingerprint density at radius 3 is 1.46 bits per heavy atom. The molecule has 7 nitrogen and oxygen atoms in total. The molecule has 2 aliphatic rings. The van der Waals surface area contributed by atoms with Crippen molar-refractivity contribution >= 4 is 22.8 Å². The predicted octanol–water partition coefficient (Wildman–Crippen LogP) is 5.68. The minimum absolute atomic E-state index is 0.769. The first-order valence-electron chi connectivity index (χ1n) is 12.2. The third-order valence-corrected chi connectivity index (χ3v) is 6.59. The van der Waals surface area contributed by atoms with Gasteiger partial charge in [0.25, 0.3) is 0 Å². The van der Waals surface area contributed by atoms with Crippen molar-refractivity contribution < 1.29 is 4.74 Å². The number of benzene rings is 2. The molecule has 0 N–H and O–H groups in total. The molecule has 0 fully saturated rings. The van der Waals surface area contributed by atoms with Gasteiger partial charge in [-0.25, -0.2) is 0 Å². The van der Waals surface area contributed by atoms with Crippen LogP contribution in [-0.4, -0.2) is 47.2 Å². The Morgan fingerprint density at radius 2 is 1.03 bits per heavy atom. The number of rotatable bonds is 6. The average Bonchev–Trinajstić information content (AvgIpc) is 3.53. The Bertz CT molecular complexity index is 1340. The first kappa shape index (κ1) is 22.7. The summed E-state index contributed by atoms with van der Waals surface area (Å²) in [6.45, 7) is 1.54. The summed E-state index contributed by atoms with van der Waals surface area (Å²) in [5, 5.41) is 0. The number of pyridine rings is 2. The van der Waals surface area contributed by atoms with Crippen LogP contribution in [0.2, 0.25) is 0 Å². The van der Waals surface area contributed by atoms with Crippen molar-refractivity contribution in [3.05, 3.63) is 121 Å². The molecule has 6 rings (SSSR count). The summed E-state index contributed by atoms with van der Waals surface area (Å²) in [6.07, 6.45) is 11.6. The summed E-state index contributed by atoms with van der Waals surface area (Å²) < 4.78 is 6.32. The number of hydrogen-bond acceptors (Lipinski definition) is 7. The van der Waals surface area contributed by atoms with Crippen molar-refractivity contribution in [1.29, 1.82) is 0 Å². The molecule has 7 heteroatoms. The fraction of sp³-hybridized carbons (Fsp3) is 0.133. The largest absolute Gasteiger partial charge is 0.457 e. The van der Waals surface area contributed by atoms with E-state index in [0.717, 1.165) is 58.7 Å². The molecular formula is C30H28N6O. The van der Waals surface area contributed by atoms with Gasteiger partial charge in [0.1, 0.15) is 11.5 Å². The second kappa shape index (κ2) is 9.70. The van der Waals surface area contributed by atoms with E-state index in [9.17, 15) is 0 Å². The Kier molecular flexibility index (Phi) is 5.94. The van der Waals surface area contributed by atoms with Crippen molar-refractivity contribution in [2.45, 2.75) is 0 Å². The van der Waals surface area contributed by atoms with Gasteiger partial charge in [-0.3, -0.25) is 9.97 Å². The second-order valence-electron chi connectivity index (χ2n) is 9.22. The van der Waals surface area contributed by atoms with Crippen LogP contribution in [0.15, 0.2) is 110 Å². The van der Waals surface area contributed by atoms with Gasteiger partial charge in [-0.1, -0.05) is 12.1 Å². The van der Waals surface area contributed by atoms with Crippen LogP contribution in [0, 0.1) is 0 Å². The van der Waals surface area contributed by atoms with E-state index in [0.29, 0.717) is 0 Å². The number of ether oxygens (including phenoxy) is 1. The Morgan fingerprint density at radius 1 is 0.595 bits per heavy atom. The maximum Gasteiger partial charge on any atom is 0.129 e. The zero-order chi connectivity index (χ0) is 25.2. The van der Waals surface area contributed by atoms with Crippen LogP contribution in [0.25, 0.3) is 11.4 Å². The molecule has 184 valence electrons. The van der Waals surface area contributed by atoms with Crippen molar-refractivity contribution in [1.82, 2.24) is 19.8 Å². The number of hydrogen-bond donors (Lipinski definition) is 0. The van der Waals surface area contributed by atoms with Gasteiger partial charge < -0.3 is 24.3 Å². The van der Waals surface area contributed by atoms with Crippen molar-refractivity contribution in [2.24, 2.45) is 0 Å². The SMILES string of the molecule is CN1CN(c2cccc(Oc3cccc(N4C=C(c5ccncc5)N(C)C4)c3)c2)C=C1c1ccncc1. The fourth-order valence-electron chi connectivity index (χ4n) is 4.72. The normalized spacial score (nSPS) is 15.2. The minimum atomic E-state index is 0.769. The van der Waals surface area contributed by atoms with Crippen molar-refractivity contribution in [3.8, 4) is 11.5 Å². The standard InChI is InChI=1S/C30H28N6O/c1-33-21-35(19-29(33)23-9-13-31-14-10-23)25-5-3-7-27(17-25)37-28-8-4-6-26(18-28)36-20-30(34(2)22-36)24-11-15-32-16-12-24/h3-20H,21-22H2,1-2H3. The maximum atomic E-state index is 6.32. The molecule has 0 unspecified atom stereocenters. The maximum absolute atomic E-state index is 6.32. The van der Waals surface area contributed by atoms with E-state index in [1.165, 1.54) is 0 Å². The average molecular weight is 489 g/mol. The summed E-state index contributed by atoms with van der Waals surface area (Å²) in [5.41, 5.74) is 6.79. The summed E-state index contributed by atoms with van der Waals surface area (Å²) in [5.74, 6) is 1.60. The van der Waals surface area contributed by atoms with Gasteiger partial charge in [-0.2, -0.15) is 0 Å². The monoisotopic (exact) mass is 488 g/mol. The highest BCUT2D eigenvalue weighted by Crippen LogP contribution is 2.34. The molecule has 0 saturated heterocycles. The third kappa shape index (κ3) is 4.71. The Balaban J connectivity index is 1.20. The molecule has 2 aromatic heterocycles. The summed E-state index contributed by atoms with van der Waals surface area (Å²) in [7, 11) is 4.20. The van der Waals surface area contributed by atoms with Gasteiger partial charge in [0.15, 0.2) is 0 Å². The van der Waals surface area contributed by atoms with Crippen LogP contribution < -0.4 is 14.5 Å². The van der Waals surface area contributed by atoms with Gasteiger partial charge in [0.2, 0.25) is 0 Å². The first-order valence-corrected chi connectivity index (χ1v) is 12.2. The van der Waals surface area contributed by atoms with E-state index < -0.39 is 0 Å². The molecule has 0 atom stereocenters. The molecule has 2 aromatic carbocycles. The zero-order valence-corrected chi connectivity index (χ0v) is 20.9. The summed E-state index contributed by atoms with van der Waals surface area (Å²) in [4.78, 5) is 17.2. The predicted molar refractivity (Wildman–Crippen MR) is 148 cm³/mol. The van der Waals surface area contributed by atoms with E-state index >= 15 is 0 Å². The molecule has 0 bridgehead atoms. The lowest BCUT2D eigenvalue weighted by atomic mass is 10.2. The van der Waals surface area contributed by atoms with Gasteiger partial charge in [0, 0.05) is 85.9 Å². The van der Waals surface area contributed by atoms with E-state index in [2.05, 4.69) is 80.3 Å². The lowest BCUT2D eigenvalue weighted by Gasteiger charge is -2.21. The molecule has 0 spiro atoms. The second-order valence-corrected chi connectivity index (χ2v) is 9.22. The van der Waals surface area contributed by atoms with Crippen LogP contribution in [0.3, 0.4) is 0 Å². The van der Waals surface area contributed by atoms with Gasteiger partial charge in [0.05, 0.1) is 24.7 Å². The smallest absolute Gasteiger partial charge is 0.129 e. The number of nitrogens with zero attached hydrogens (tertiary/aromatic N) is 6. The topological polar surface area (TPSA) is 48.0 Å². The number of aromatic nitrogens is 2. The molecule has 2 aliphatic heterocycles. The number of anilines is 2. The minimum Gasteiger partial charge on any atom is -0.457 e. The molecular weight excluding hydrogens is 460 g/mol. The molecule has 0 aliphatic carbocycles. The summed E-state index contributed by atoms with van der Waals surface area (Å²) >= 11 is 0. The third-order valence-electron chi connectivity index (χ3n) is 6.59. The van der Waals surface area contributed by atoms with Crippen LogP contribution in [-0.2, 0) is 0 Å². The fourth-order valence-corrected chi connectivity index (χ4v) is 4.72. The zero-order valence-electron chi connectivity index (χ0n) is 20.9. The van der Waals surface area contributed by atoms with Crippen molar-refractivity contribution in [3.63, 3.8) is 0 Å². The Labute approximate surface area is 217 Å². The van der Waals surface area contributed by atoms with Gasteiger partial charge >= 0.3 is 0 Å².